The van der Waals surface area contributed by atoms with Crippen LogP contribution in [0.25, 0.3) is 0 Å². The van der Waals surface area contributed by atoms with Crippen molar-refractivity contribution < 1.29 is 19.4 Å². The Balaban J connectivity index is 2.01. The second-order valence-corrected chi connectivity index (χ2v) is 4.81. The zero-order valence-corrected chi connectivity index (χ0v) is 12.3. The van der Waals surface area contributed by atoms with E-state index in [4.69, 9.17) is 9.84 Å². The van der Waals surface area contributed by atoms with Gasteiger partial charge >= 0.3 is 5.97 Å². The summed E-state index contributed by atoms with van der Waals surface area (Å²) in [6.07, 6.45) is 2.99. The molecule has 7 nitrogen and oxygen atoms in total. The molecule has 0 radical (unpaired) electrons. The van der Waals surface area contributed by atoms with Crippen molar-refractivity contribution in [3.8, 4) is 5.75 Å². The van der Waals surface area contributed by atoms with Crippen molar-refractivity contribution >= 4 is 11.9 Å². The highest BCUT2D eigenvalue weighted by Gasteiger charge is 2.16. The van der Waals surface area contributed by atoms with E-state index in [2.05, 4.69) is 10.4 Å². The number of carboxylic acid groups (broad SMARTS) is 1. The number of amides is 1. The van der Waals surface area contributed by atoms with Crippen LogP contribution in [0.5, 0.6) is 5.75 Å². The molecule has 116 valence electrons. The first-order valence-electron chi connectivity index (χ1n) is 6.68. The molecule has 1 atom stereocenters. The van der Waals surface area contributed by atoms with Crippen LogP contribution in [-0.4, -0.2) is 39.9 Å². The first-order valence-corrected chi connectivity index (χ1v) is 6.68. The van der Waals surface area contributed by atoms with Crippen LogP contribution in [0, 0.1) is 0 Å². The fourth-order valence-corrected chi connectivity index (χ4v) is 1.83. The number of benzene rings is 1. The minimum atomic E-state index is -1.08. The zero-order chi connectivity index (χ0) is 16.1. The molecule has 2 N–H and O–H groups in total. The van der Waals surface area contributed by atoms with Gasteiger partial charge in [0.1, 0.15) is 11.8 Å². The summed E-state index contributed by atoms with van der Waals surface area (Å²) in [5.74, 6) is -0.776. The number of nitrogens with one attached hydrogen (secondary N) is 1. The van der Waals surface area contributed by atoms with Gasteiger partial charge in [-0.3, -0.25) is 14.3 Å². The van der Waals surface area contributed by atoms with Crippen molar-refractivity contribution in [3.63, 3.8) is 0 Å². The Hall–Kier alpha value is -2.83. The van der Waals surface area contributed by atoms with Gasteiger partial charge in [-0.15, -0.1) is 0 Å². The molecule has 0 aliphatic rings. The van der Waals surface area contributed by atoms with E-state index in [0.717, 1.165) is 11.3 Å². The van der Waals surface area contributed by atoms with Crippen LogP contribution in [0.3, 0.4) is 0 Å². The Kier molecular flexibility index (Phi) is 4.77. The van der Waals surface area contributed by atoms with E-state index < -0.39 is 17.9 Å². The Morgan fingerprint density at radius 3 is 2.64 bits per heavy atom. The Morgan fingerprint density at radius 1 is 1.36 bits per heavy atom. The second kappa shape index (κ2) is 6.75. The lowest BCUT2D eigenvalue weighted by Gasteiger charge is -2.07. The maximum absolute atomic E-state index is 11.9. The maximum atomic E-state index is 11.9. The molecular formula is C15H17N3O4. The lowest BCUT2D eigenvalue weighted by molar-refractivity contribution is -0.138. The Labute approximate surface area is 127 Å². The summed E-state index contributed by atoms with van der Waals surface area (Å²) in [6.45, 7) is 1.91. The van der Waals surface area contributed by atoms with E-state index in [9.17, 15) is 9.59 Å². The number of ether oxygens (including phenoxy) is 1. The van der Waals surface area contributed by atoms with Gasteiger partial charge in [-0.25, -0.2) is 0 Å². The summed E-state index contributed by atoms with van der Waals surface area (Å²) >= 11 is 0. The van der Waals surface area contributed by atoms with Gasteiger partial charge in [0.25, 0.3) is 5.91 Å². The molecule has 22 heavy (non-hydrogen) atoms. The molecule has 2 aromatic rings. The fourth-order valence-electron chi connectivity index (χ4n) is 1.83. The van der Waals surface area contributed by atoms with Gasteiger partial charge in [0.15, 0.2) is 0 Å². The van der Waals surface area contributed by atoms with Crippen molar-refractivity contribution in [2.45, 2.75) is 19.5 Å². The van der Waals surface area contributed by atoms with Crippen molar-refractivity contribution in [1.29, 1.82) is 0 Å². The Bertz CT molecular complexity index is 664. The van der Waals surface area contributed by atoms with Gasteiger partial charge in [-0.05, 0) is 24.6 Å². The number of nitrogens with zero attached hydrogens (tertiary/aromatic N) is 2. The van der Waals surface area contributed by atoms with E-state index >= 15 is 0 Å². The number of hydrogen-bond donors (Lipinski definition) is 2. The summed E-state index contributed by atoms with van der Waals surface area (Å²) in [6, 6.07) is 6.57. The summed E-state index contributed by atoms with van der Waals surface area (Å²) in [5.41, 5.74) is 1.33. The summed E-state index contributed by atoms with van der Waals surface area (Å²) in [5, 5.41) is 15.3. The van der Waals surface area contributed by atoms with Crippen LogP contribution >= 0.6 is 0 Å². The molecule has 1 heterocycles. The first kappa shape index (κ1) is 15.6. The van der Waals surface area contributed by atoms with Gasteiger partial charge in [-0.1, -0.05) is 12.1 Å². The standard InChI is InChI=1S/C15H17N3O4/c1-10(15(20)21)17-14(19)12-7-16-18(9-12)8-11-3-5-13(22-2)6-4-11/h3-7,9-10H,8H2,1-2H3,(H,17,19)(H,20,21). The number of aliphatic carboxylic acids is 1. The van der Waals surface area contributed by atoms with Crippen molar-refractivity contribution in [1.82, 2.24) is 15.1 Å². The lowest BCUT2D eigenvalue weighted by Crippen LogP contribution is -2.38. The van der Waals surface area contributed by atoms with E-state index in [1.807, 2.05) is 24.3 Å². The fraction of sp³-hybridized carbons (Fsp3) is 0.267. The normalized spacial score (nSPS) is 11.7. The third kappa shape index (κ3) is 3.85. The maximum Gasteiger partial charge on any atom is 0.325 e. The summed E-state index contributed by atoms with van der Waals surface area (Å²) in [7, 11) is 1.60. The van der Waals surface area contributed by atoms with Gasteiger partial charge < -0.3 is 15.2 Å². The summed E-state index contributed by atoms with van der Waals surface area (Å²) < 4.78 is 6.70. The largest absolute Gasteiger partial charge is 0.497 e. The number of aromatic nitrogens is 2. The molecule has 0 fully saturated rings. The van der Waals surface area contributed by atoms with Gasteiger partial charge in [0.2, 0.25) is 0 Å². The molecule has 1 aromatic carbocycles. The molecule has 7 heteroatoms. The molecule has 1 aromatic heterocycles. The Morgan fingerprint density at radius 2 is 2.05 bits per heavy atom. The van der Waals surface area contributed by atoms with E-state index in [1.54, 1.807) is 18.0 Å². The van der Waals surface area contributed by atoms with Crippen LogP contribution in [0.4, 0.5) is 0 Å². The molecular weight excluding hydrogens is 286 g/mol. The number of carbonyl (C=O) groups is 2. The van der Waals surface area contributed by atoms with Crippen LogP contribution in [0.2, 0.25) is 0 Å². The molecule has 0 saturated carbocycles. The van der Waals surface area contributed by atoms with Crippen molar-refractivity contribution in [2.24, 2.45) is 0 Å². The minimum Gasteiger partial charge on any atom is -0.497 e. The summed E-state index contributed by atoms with van der Waals surface area (Å²) in [4.78, 5) is 22.6. The third-order valence-corrected chi connectivity index (χ3v) is 3.12. The van der Waals surface area contributed by atoms with Gasteiger partial charge in [0, 0.05) is 6.20 Å². The third-order valence-electron chi connectivity index (χ3n) is 3.12. The van der Waals surface area contributed by atoms with E-state index in [1.165, 1.54) is 13.1 Å². The SMILES string of the molecule is COc1ccc(Cn2cc(C(=O)NC(C)C(=O)O)cn2)cc1. The minimum absolute atomic E-state index is 0.321. The van der Waals surface area contributed by atoms with E-state index in [0.29, 0.717) is 12.1 Å². The van der Waals surface area contributed by atoms with Crippen LogP contribution in [-0.2, 0) is 11.3 Å². The number of carbonyl (C=O) groups excluding carboxylic acids is 1. The molecule has 0 aliphatic heterocycles. The average molecular weight is 303 g/mol. The zero-order valence-electron chi connectivity index (χ0n) is 12.3. The highest BCUT2D eigenvalue weighted by molar-refractivity contribution is 5.96. The highest BCUT2D eigenvalue weighted by atomic mass is 16.5. The molecule has 0 spiro atoms. The monoisotopic (exact) mass is 303 g/mol. The predicted octanol–water partition coefficient (Wildman–Crippen LogP) is 1.14. The topological polar surface area (TPSA) is 93.5 Å². The second-order valence-electron chi connectivity index (χ2n) is 4.81. The average Bonchev–Trinajstić information content (AvgIpc) is 2.96. The van der Waals surface area contributed by atoms with Crippen LogP contribution in [0.15, 0.2) is 36.7 Å². The smallest absolute Gasteiger partial charge is 0.325 e. The molecule has 1 amide bonds. The quantitative estimate of drug-likeness (QED) is 0.834. The molecule has 0 saturated heterocycles. The lowest BCUT2D eigenvalue weighted by atomic mass is 10.2. The molecule has 2 rings (SSSR count). The van der Waals surface area contributed by atoms with Crippen molar-refractivity contribution in [2.75, 3.05) is 7.11 Å². The molecule has 1 unspecified atom stereocenters. The van der Waals surface area contributed by atoms with Crippen LogP contribution < -0.4 is 10.1 Å². The molecule has 0 aliphatic carbocycles. The first-order chi connectivity index (χ1) is 10.5. The highest BCUT2D eigenvalue weighted by Crippen LogP contribution is 2.12. The van der Waals surface area contributed by atoms with Crippen LogP contribution in [0.1, 0.15) is 22.8 Å². The molecule has 0 bridgehead atoms. The number of rotatable bonds is 6. The number of carboxylic acids is 1. The van der Waals surface area contributed by atoms with Crippen molar-refractivity contribution in [3.05, 3.63) is 47.8 Å². The predicted molar refractivity (Wildman–Crippen MR) is 78.9 cm³/mol. The number of methoxy groups -OCH3 is 1. The van der Waals surface area contributed by atoms with Gasteiger partial charge in [0.05, 0.1) is 25.4 Å². The van der Waals surface area contributed by atoms with Gasteiger partial charge in [-0.2, -0.15) is 5.10 Å². The van der Waals surface area contributed by atoms with E-state index in [-0.39, 0.29) is 0 Å². The number of hydrogen-bond acceptors (Lipinski definition) is 4.